The molecular formula is C25H21ClN2O6. The molecule has 2 heterocycles. The average Bonchev–Trinajstić information content (AvgIpc) is 3.37. The zero-order valence-corrected chi connectivity index (χ0v) is 19.2. The second kappa shape index (κ2) is 9.44. The summed E-state index contributed by atoms with van der Waals surface area (Å²) in [6.07, 6.45) is 1.60. The molecule has 1 amide bonds. The van der Waals surface area contributed by atoms with Crippen LogP contribution in [0.15, 0.2) is 71.3 Å². The zero-order chi connectivity index (χ0) is 24.4. The van der Waals surface area contributed by atoms with Crippen LogP contribution in [-0.2, 0) is 9.59 Å². The van der Waals surface area contributed by atoms with E-state index < -0.39 is 17.7 Å². The van der Waals surface area contributed by atoms with Crippen LogP contribution in [0.2, 0.25) is 5.02 Å². The van der Waals surface area contributed by atoms with Crippen molar-refractivity contribution in [2.45, 2.75) is 13.0 Å². The average molecular weight is 481 g/mol. The zero-order valence-electron chi connectivity index (χ0n) is 18.4. The van der Waals surface area contributed by atoms with Crippen molar-refractivity contribution in [2.75, 3.05) is 18.6 Å². The molecule has 0 bridgehead atoms. The van der Waals surface area contributed by atoms with Gasteiger partial charge in [0.25, 0.3) is 5.78 Å². The number of carbonyl (C=O) groups is 2. The number of anilines is 1. The quantitative estimate of drug-likeness (QED) is 0.223. The number of ether oxygens (including phenoxy) is 2. The number of hydrogen-bond donors (Lipinski definition) is 1. The maximum atomic E-state index is 13.2. The molecule has 1 aliphatic heterocycles. The first-order valence-corrected chi connectivity index (χ1v) is 10.7. The number of hydrogen-bond acceptors (Lipinski definition) is 7. The minimum absolute atomic E-state index is 0.118. The van der Waals surface area contributed by atoms with E-state index in [0.717, 1.165) is 0 Å². The van der Waals surface area contributed by atoms with Crippen molar-refractivity contribution in [2.24, 2.45) is 0 Å². The summed E-state index contributed by atoms with van der Waals surface area (Å²) in [5.74, 6) is -0.584. The number of aromatic nitrogens is 1. The van der Waals surface area contributed by atoms with Crippen molar-refractivity contribution in [3.63, 3.8) is 0 Å². The second-order valence-electron chi connectivity index (χ2n) is 7.49. The number of nitrogens with zero attached hydrogens (tertiary/aromatic N) is 2. The summed E-state index contributed by atoms with van der Waals surface area (Å²) in [5.41, 5.74) is 0.666. The molecular weight excluding hydrogens is 460 g/mol. The van der Waals surface area contributed by atoms with Crippen LogP contribution in [0.25, 0.3) is 5.76 Å². The van der Waals surface area contributed by atoms with Crippen molar-refractivity contribution in [1.82, 2.24) is 5.16 Å². The van der Waals surface area contributed by atoms with Gasteiger partial charge in [-0.2, -0.15) is 0 Å². The predicted molar refractivity (Wildman–Crippen MR) is 126 cm³/mol. The molecule has 0 unspecified atom stereocenters. The largest absolute Gasteiger partial charge is 0.507 e. The van der Waals surface area contributed by atoms with Crippen LogP contribution >= 0.6 is 11.6 Å². The Morgan fingerprint density at radius 1 is 1.26 bits per heavy atom. The van der Waals surface area contributed by atoms with Gasteiger partial charge in [-0.05, 0) is 42.8 Å². The van der Waals surface area contributed by atoms with Gasteiger partial charge < -0.3 is 19.1 Å². The number of aliphatic hydroxyl groups excluding tert-OH is 1. The molecule has 4 rings (SSSR count). The number of aliphatic hydroxyl groups is 1. The lowest BCUT2D eigenvalue weighted by molar-refractivity contribution is -0.132. The number of ketones is 1. The van der Waals surface area contributed by atoms with Crippen molar-refractivity contribution >= 4 is 34.9 Å². The summed E-state index contributed by atoms with van der Waals surface area (Å²) in [7, 11) is 1.47. The molecule has 1 atom stereocenters. The molecule has 174 valence electrons. The van der Waals surface area contributed by atoms with E-state index in [-0.39, 0.29) is 34.3 Å². The van der Waals surface area contributed by atoms with E-state index in [0.29, 0.717) is 22.8 Å². The molecule has 9 heteroatoms. The van der Waals surface area contributed by atoms with Gasteiger partial charge in [-0.1, -0.05) is 41.5 Å². The van der Waals surface area contributed by atoms with Crippen molar-refractivity contribution < 1.29 is 28.7 Å². The molecule has 34 heavy (non-hydrogen) atoms. The molecule has 0 aliphatic carbocycles. The van der Waals surface area contributed by atoms with Crippen LogP contribution in [-0.4, -0.2) is 35.7 Å². The number of methoxy groups -OCH3 is 1. The van der Waals surface area contributed by atoms with E-state index in [1.807, 2.05) is 0 Å². The summed E-state index contributed by atoms with van der Waals surface area (Å²) in [6.45, 7) is 5.58. The fraction of sp³-hybridized carbons (Fsp3) is 0.160. The monoisotopic (exact) mass is 480 g/mol. The van der Waals surface area contributed by atoms with E-state index in [1.165, 1.54) is 18.1 Å². The number of aryl methyl sites for hydroxylation is 1. The summed E-state index contributed by atoms with van der Waals surface area (Å²) >= 11 is 6.23. The minimum Gasteiger partial charge on any atom is -0.507 e. The smallest absolute Gasteiger partial charge is 0.301 e. The highest BCUT2D eigenvalue weighted by Crippen LogP contribution is 2.43. The maximum Gasteiger partial charge on any atom is 0.301 e. The molecule has 1 N–H and O–H groups in total. The normalized spacial score (nSPS) is 17.1. The SMILES string of the molecule is C=CCOc1cccc([C@H]2C(=C(O)c3ccc(OC)c(Cl)c3)C(=O)C(=O)N2c2cc(C)on2)c1. The third kappa shape index (κ3) is 4.15. The summed E-state index contributed by atoms with van der Waals surface area (Å²) in [4.78, 5) is 27.5. The van der Waals surface area contributed by atoms with E-state index in [1.54, 1.807) is 55.5 Å². The lowest BCUT2D eigenvalue weighted by Crippen LogP contribution is -2.29. The fourth-order valence-electron chi connectivity index (χ4n) is 3.75. The highest BCUT2D eigenvalue weighted by Gasteiger charge is 2.48. The number of Topliss-reactive ketones (excluding diaryl/α,β-unsaturated/α-hetero) is 1. The first kappa shape index (κ1) is 23.1. The van der Waals surface area contributed by atoms with Gasteiger partial charge >= 0.3 is 5.91 Å². The van der Waals surface area contributed by atoms with Gasteiger partial charge in [0.15, 0.2) is 5.82 Å². The number of amides is 1. The topological polar surface area (TPSA) is 102 Å². The van der Waals surface area contributed by atoms with Gasteiger partial charge in [-0.3, -0.25) is 14.5 Å². The van der Waals surface area contributed by atoms with E-state index in [9.17, 15) is 14.7 Å². The third-order valence-corrected chi connectivity index (χ3v) is 5.57. The molecule has 0 saturated carbocycles. The lowest BCUT2D eigenvalue weighted by Gasteiger charge is -2.23. The number of rotatable bonds is 7. The molecule has 8 nitrogen and oxygen atoms in total. The Kier molecular flexibility index (Phi) is 6.43. The second-order valence-corrected chi connectivity index (χ2v) is 7.89. The Hall–Kier alpha value is -4.04. The van der Waals surface area contributed by atoms with Crippen molar-refractivity contribution in [3.8, 4) is 11.5 Å². The minimum atomic E-state index is -0.988. The lowest BCUT2D eigenvalue weighted by atomic mass is 9.95. The Balaban J connectivity index is 1.91. The third-order valence-electron chi connectivity index (χ3n) is 5.27. The first-order valence-electron chi connectivity index (χ1n) is 10.3. The van der Waals surface area contributed by atoms with Crippen LogP contribution < -0.4 is 14.4 Å². The summed E-state index contributed by atoms with van der Waals surface area (Å²) in [5, 5.41) is 15.4. The van der Waals surface area contributed by atoms with E-state index >= 15 is 0 Å². The van der Waals surface area contributed by atoms with Crippen LogP contribution in [0.4, 0.5) is 5.82 Å². The van der Waals surface area contributed by atoms with Crippen LogP contribution in [0, 0.1) is 6.92 Å². The van der Waals surface area contributed by atoms with Gasteiger partial charge in [-0.15, -0.1) is 0 Å². The molecule has 3 aromatic rings. The summed E-state index contributed by atoms with van der Waals surface area (Å²) < 4.78 is 15.9. The molecule has 1 saturated heterocycles. The van der Waals surface area contributed by atoms with Gasteiger partial charge in [0.2, 0.25) is 0 Å². The van der Waals surface area contributed by atoms with E-state index in [2.05, 4.69) is 11.7 Å². The Morgan fingerprint density at radius 2 is 2.06 bits per heavy atom. The Labute approximate surface area is 200 Å². The molecule has 1 fully saturated rings. The highest BCUT2D eigenvalue weighted by atomic mass is 35.5. The molecule has 1 aromatic heterocycles. The Morgan fingerprint density at radius 3 is 2.71 bits per heavy atom. The van der Waals surface area contributed by atoms with Gasteiger partial charge in [0, 0.05) is 11.6 Å². The van der Waals surface area contributed by atoms with Gasteiger partial charge in [0.1, 0.15) is 29.6 Å². The number of carbonyl (C=O) groups excluding carboxylic acids is 2. The number of halogens is 1. The van der Waals surface area contributed by atoms with Gasteiger partial charge in [-0.25, -0.2) is 0 Å². The van der Waals surface area contributed by atoms with Crippen molar-refractivity contribution in [3.05, 3.63) is 88.7 Å². The fourth-order valence-corrected chi connectivity index (χ4v) is 4.01. The molecule has 1 aliphatic rings. The van der Waals surface area contributed by atoms with Gasteiger partial charge in [0.05, 0.1) is 23.7 Å². The molecule has 2 aromatic carbocycles. The maximum absolute atomic E-state index is 13.2. The number of benzene rings is 2. The molecule has 0 radical (unpaired) electrons. The molecule has 0 spiro atoms. The summed E-state index contributed by atoms with van der Waals surface area (Å²) in [6, 6.07) is 12.0. The van der Waals surface area contributed by atoms with Crippen molar-refractivity contribution in [1.29, 1.82) is 0 Å². The standard InChI is InChI=1S/C25H21ClN2O6/c1-4-10-33-17-7-5-6-15(12-17)22-21(23(29)16-8-9-19(32-3)18(26)13-16)24(30)25(31)28(22)20-11-14(2)34-27-20/h4-9,11-13,22,29H,1,10H2,2-3H3/t22-/m0/s1. The van der Waals surface area contributed by atoms with Crippen LogP contribution in [0.5, 0.6) is 11.5 Å². The van der Waals surface area contributed by atoms with Crippen LogP contribution in [0.1, 0.15) is 22.9 Å². The van der Waals surface area contributed by atoms with Crippen LogP contribution in [0.3, 0.4) is 0 Å². The Bertz CT molecular complexity index is 1310. The van der Waals surface area contributed by atoms with E-state index in [4.69, 9.17) is 25.6 Å². The predicted octanol–water partition coefficient (Wildman–Crippen LogP) is 4.84. The highest BCUT2D eigenvalue weighted by molar-refractivity contribution is 6.51. The first-order chi connectivity index (χ1) is 16.3.